The second kappa shape index (κ2) is 6.27. The van der Waals surface area contributed by atoms with Gasteiger partial charge in [-0.25, -0.2) is 0 Å². The summed E-state index contributed by atoms with van der Waals surface area (Å²) in [5, 5.41) is 18.8. The Morgan fingerprint density at radius 3 is 2.76 bits per heavy atom. The minimum absolute atomic E-state index is 0.145. The van der Waals surface area contributed by atoms with E-state index in [4.69, 9.17) is 16.7 Å². The summed E-state index contributed by atoms with van der Waals surface area (Å²) in [6, 6.07) is 4.28. The minimum atomic E-state index is -0.367. The molecule has 1 amide bonds. The van der Waals surface area contributed by atoms with Crippen LogP contribution in [0.3, 0.4) is 0 Å². The van der Waals surface area contributed by atoms with Crippen LogP contribution in [0.25, 0.3) is 0 Å². The highest BCUT2D eigenvalue weighted by atomic mass is 35.5. The van der Waals surface area contributed by atoms with Crippen LogP contribution in [0, 0.1) is 0 Å². The second-order valence-electron chi connectivity index (χ2n) is 3.42. The number of aliphatic hydroxyl groups excluding tert-OH is 1. The fourth-order valence-corrected chi connectivity index (χ4v) is 1.57. The zero-order valence-electron chi connectivity index (χ0n) is 9.27. The number of halogens is 1. The summed E-state index contributed by atoms with van der Waals surface area (Å²) >= 11 is 5.68. The molecule has 0 saturated carbocycles. The van der Waals surface area contributed by atoms with Crippen molar-refractivity contribution in [3.8, 4) is 5.75 Å². The predicted molar refractivity (Wildman–Crippen MR) is 66.3 cm³/mol. The smallest absolute Gasteiger partial charge is 0.257 e. The van der Waals surface area contributed by atoms with Crippen LogP contribution in [0.15, 0.2) is 30.9 Å². The number of aliphatic hydroxyl groups is 1. The third-order valence-corrected chi connectivity index (χ3v) is 2.43. The Labute approximate surface area is 105 Å². The van der Waals surface area contributed by atoms with E-state index >= 15 is 0 Å². The maximum absolute atomic E-state index is 12.0. The van der Waals surface area contributed by atoms with Crippen molar-refractivity contribution < 1.29 is 15.0 Å². The Morgan fingerprint density at radius 2 is 2.24 bits per heavy atom. The average molecular weight is 256 g/mol. The first-order chi connectivity index (χ1) is 8.10. The highest BCUT2D eigenvalue weighted by molar-refractivity contribution is 6.30. The molecule has 0 heterocycles. The molecular formula is C12H14ClNO3. The van der Waals surface area contributed by atoms with Crippen molar-refractivity contribution in [2.75, 3.05) is 19.7 Å². The lowest BCUT2D eigenvalue weighted by Crippen LogP contribution is -2.33. The molecule has 5 heteroatoms. The van der Waals surface area contributed by atoms with E-state index in [1.54, 1.807) is 6.08 Å². The number of hydrogen-bond acceptors (Lipinski definition) is 3. The van der Waals surface area contributed by atoms with Gasteiger partial charge in [0.25, 0.3) is 5.91 Å². The standard InChI is InChI=1S/C12H14ClNO3/c1-2-5-14(6-7-15)12(17)10-4-3-9(13)8-11(10)16/h2-4,8,15-16H,1,5-7H2. The Kier molecular flexibility index (Phi) is 5.00. The molecule has 0 aliphatic rings. The van der Waals surface area contributed by atoms with Crippen molar-refractivity contribution in [2.24, 2.45) is 0 Å². The molecule has 1 aromatic carbocycles. The molecule has 0 unspecified atom stereocenters. The summed E-state index contributed by atoms with van der Waals surface area (Å²) in [4.78, 5) is 13.4. The zero-order valence-corrected chi connectivity index (χ0v) is 10.0. The minimum Gasteiger partial charge on any atom is -0.507 e. The van der Waals surface area contributed by atoms with Gasteiger partial charge in [0.05, 0.1) is 12.2 Å². The van der Waals surface area contributed by atoms with E-state index in [1.165, 1.54) is 23.1 Å². The van der Waals surface area contributed by atoms with Crippen LogP contribution in [0.5, 0.6) is 5.75 Å². The maximum atomic E-state index is 12.0. The van der Waals surface area contributed by atoms with Gasteiger partial charge in [-0.2, -0.15) is 0 Å². The fraction of sp³-hybridized carbons (Fsp3) is 0.250. The summed E-state index contributed by atoms with van der Waals surface area (Å²) in [5.74, 6) is -0.539. The molecule has 1 aromatic rings. The Balaban J connectivity index is 2.96. The Morgan fingerprint density at radius 1 is 1.53 bits per heavy atom. The van der Waals surface area contributed by atoms with Crippen LogP contribution in [-0.4, -0.2) is 40.7 Å². The normalized spacial score (nSPS) is 10.0. The van der Waals surface area contributed by atoms with E-state index in [-0.39, 0.29) is 30.4 Å². The molecule has 0 radical (unpaired) electrons. The lowest BCUT2D eigenvalue weighted by Gasteiger charge is -2.20. The third kappa shape index (κ3) is 3.47. The number of nitrogens with zero attached hydrogens (tertiary/aromatic N) is 1. The highest BCUT2D eigenvalue weighted by Crippen LogP contribution is 2.23. The van der Waals surface area contributed by atoms with Crippen molar-refractivity contribution >= 4 is 17.5 Å². The van der Waals surface area contributed by atoms with Crippen molar-refractivity contribution in [1.29, 1.82) is 0 Å². The molecule has 0 fully saturated rings. The number of phenols is 1. The first-order valence-corrected chi connectivity index (χ1v) is 5.47. The van der Waals surface area contributed by atoms with Crippen LogP contribution in [0.1, 0.15) is 10.4 Å². The van der Waals surface area contributed by atoms with Crippen molar-refractivity contribution in [3.63, 3.8) is 0 Å². The molecule has 0 aromatic heterocycles. The number of rotatable bonds is 5. The number of phenolic OH excluding ortho intramolecular Hbond substituents is 1. The van der Waals surface area contributed by atoms with Gasteiger partial charge in [-0.05, 0) is 18.2 Å². The van der Waals surface area contributed by atoms with E-state index in [0.29, 0.717) is 11.6 Å². The quantitative estimate of drug-likeness (QED) is 0.787. The average Bonchev–Trinajstić information content (AvgIpc) is 2.28. The third-order valence-electron chi connectivity index (χ3n) is 2.20. The van der Waals surface area contributed by atoms with E-state index < -0.39 is 0 Å². The first-order valence-electron chi connectivity index (χ1n) is 5.09. The van der Waals surface area contributed by atoms with Crippen LogP contribution in [0.4, 0.5) is 0 Å². The van der Waals surface area contributed by atoms with Gasteiger partial charge in [-0.1, -0.05) is 17.7 Å². The van der Waals surface area contributed by atoms with Crippen LogP contribution in [0.2, 0.25) is 5.02 Å². The number of aromatic hydroxyl groups is 1. The molecule has 1 rings (SSSR count). The predicted octanol–water partition coefficient (Wildman–Crippen LogP) is 1.67. The van der Waals surface area contributed by atoms with Crippen LogP contribution in [-0.2, 0) is 0 Å². The van der Waals surface area contributed by atoms with Crippen molar-refractivity contribution in [1.82, 2.24) is 4.90 Å². The van der Waals surface area contributed by atoms with Crippen LogP contribution >= 0.6 is 11.6 Å². The SMILES string of the molecule is C=CCN(CCO)C(=O)c1ccc(Cl)cc1O. The maximum Gasteiger partial charge on any atom is 0.257 e. The molecule has 0 saturated heterocycles. The van der Waals surface area contributed by atoms with Gasteiger partial charge in [0, 0.05) is 18.1 Å². The van der Waals surface area contributed by atoms with Gasteiger partial charge < -0.3 is 15.1 Å². The van der Waals surface area contributed by atoms with Gasteiger partial charge in [0.2, 0.25) is 0 Å². The lowest BCUT2D eigenvalue weighted by molar-refractivity contribution is 0.0740. The summed E-state index contributed by atoms with van der Waals surface area (Å²) in [5.41, 5.74) is 0.157. The molecule has 17 heavy (non-hydrogen) atoms. The van der Waals surface area contributed by atoms with Crippen molar-refractivity contribution in [2.45, 2.75) is 0 Å². The number of carbonyl (C=O) groups excluding carboxylic acids is 1. The molecular weight excluding hydrogens is 242 g/mol. The van der Waals surface area contributed by atoms with E-state index in [0.717, 1.165) is 0 Å². The number of benzene rings is 1. The first kappa shape index (κ1) is 13.5. The van der Waals surface area contributed by atoms with E-state index in [2.05, 4.69) is 6.58 Å². The highest BCUT2D eigenvalue weighted by Gasteiger charge is 2.17. The monoisotopic (exact) mass is 255 g/mol. The largest absolute Gasteiger partial charge is 0.507 e. The van der Waals surface area contributed by atoms with E-state index in [1.807, 2.05) is 0 Å². The summed E-state index contributed by atoms with van der Waals surface area (Å²) in [7, 11) is 0. The van der Waals surface area contributed by atoms with Gasteiger partial charge in [0.15, 0.2) is 0 Å². The molecule has 0 bridgehead atoms. The van der Waals surface area contributed by atoms with Gasteiger partial charge in [-0.15, -0.1) is 6.58 Å². The number of hydrogen-bond donors (Lipinski definition) is 2. The van der Waals surface area contributed by atoms with Crippen LogP contribution < -0.4 is 0 Å². The molecule has 0 spiro atoms. The molecule has 2 N–H and O–H groups in total. The molecule has 0 atom stereocenters. The van der Waals surface area contributed by atoms with Crippen molar-refractivity contribution in [3.05, 3.63) is 41.4 Å². The molecule has 0 aliphatic heterocycles. The van der Waals surface area contributed by atoms with Gasteiger partial charge in [-0.3, -0.25) is 4.79 Å². The zero-order chi connectivity index (χ0) is 12.8. The van der Waals surface area contributed by atoms with Gasteiger partial charge in [0.1, 0.15) is 5.75 Å². The topological polar surface area (TPSA) is 60.8 Å². The Bertz CT molecular complexity index is 420. The molecule has 4 nitrogen and oxygen atoms in total. The van der Waals surface area contributed by atoms with Gasteiger partial charge >= 0.3 is 0 Å². The number of carbonyl (C=O) groups is 1. The van der Waals surface area contributed by atoms with E-state index in [9.17, 15) is 9.90 Å². The summed E-state index contributed by atoms with van der Waals surface area (Å²) < 4.78 is 0. The lowest BCUT2D eigenvalue weighted by atomic mass is 10.1. The fourth-order valence-electron chi connectivity index (χ4n) is 1.41. The summed E-state index contributed by atoms with van der Waals surface area (Å²) in [6.45, 7) is 3.89. The molecule has 92 valence electrons. The summed E-state index contributed by atoms with van der Waals surface area (Å²) in [6.07, 6.45) is 1.56. The Hall–Kier alpha value is -1.52. The molecule has 0 aliphatic carbocycles. The number of amides is 1. The second-order valence-corrected chi connectivity index (χ2v) is 3.86.